The van der Waals surface area contributed by atoms with Gasteiger partial charge in [-0.15, -0.1) is 0 Å². The highest BCUT2D eigenvalue weighted by molar-refractivity contribution is 7.85. The number of carboxylic acid groups (broad SMARTS) is 1. The summed E-state index contributed by atoms with van der Waals surface area (Å²) in [6.45, 7) is 4.48. The van der Waals surface area contributed by atoms with E-state index in [1.165, 1.54) is 44.6 Å². The van der Waals surface area contributed by atoms with Gasteiger partial charge in [0.15, 0.2) is 0 Å². The van der Waals surface area contributed by atoms with E-state index in [2.05, 4.69) is 13.8 Å². The van der Waals surface area contributed by atoms with Crippen molar-refractivity contribution in [2.24, 2.45) is 11.7 Å². The molecule has 0 aromatic carbocycles. The molecule has 0 aliphatic heterocycles. The van der Waals surface area contributed by atoms with Gasteiger partial charge in [-0.2, -0.15) is 8.42 Å². The first-order valence-corrected chi connectivity index (χ1v) is 12.0. The van der Waals surface area contributed by atoms with Gasteiger partial charge in [0.05, 0.1) is 5.97 Å². The van der Waals surface area contributed by atoms with Crippen molar-refractivity contribution < 1.29 is 33.1 Å². The molecular weight excluding hydrogens is 398 g/mol. The van der Waals surface area contributed by atoms with Crippen LogP contribution in [0.25, 0.3) is 0 Å². The Bertz CT molecular complexity index is 592. The number of carbonyl (C=O) groups excluding carboxylic acids is 1. The summed E-state index contributed by atoms with van der Waals surface area (Å²) in [5, 5.41) is 31.0. The topological polar surface area (TPSA) is 161 Å². The summed E-state index contributed by atoms with van der Waals surface area (Å²) in [6.07, 6.45) is 10.1. The minimum Gasteiger partial charge on any atom is -0.548 e. The van der Waals surface area contributed by atoms with Crippen molar-refractivity contribution in [1.82, 2.24) is 0 Å². The first-order valence-electron chi connectivity index (χ1n) is 10.4. The Labute approximate surface area is 174 Å². The highest BCUT2D eigenvalue weighted by Crippen LogP contribution is 2.16. The second kappa shape index (κ2) is 14.1. The largest absolute Gasteiger partial charge is 0.548 e. The molecule has 0 aromatic heterocycles. The normalized spacial score (nSPS) is 16.8. The summed E-state index contributed by atoms with van der Waals surface area (Å²) in [7, 11) is -4.80. The van der Waals surface area contributed by atoms with Crippen LogP contribution in [0.15, 0.2) is 12.2 Å². The number of nitrogens with two attached hydrogens (primary N) is 1. The predicted molar refractivity (Wildman–Crippen MR) is 111 cm³/mol. The van der Waals surface area contributed by atoms with Crippen LogP contribution in [0, 0.1) is 5.92 Å². The summed E-state index contributed by atoms with van der Waals surface area (Å²) < 4.78 is 30.7. The van der Waals surface area contributed by atoms with E-state index in [0.29, 0.717) is 6.42 Å². The molecule has 172 valence electrons. The first kappa shape index (κ1) is 28.0. The number of aliphatic hydroxyl groups is 2. The fourth-order valence-corrected chi connectivity index (χ4v) is 3.98. The molecule has 29 heavy (non-hydrogen) atoms. The molecule has 0 saturated carbocycles. The summed E-state index contributed by atoms with van der Waals surface area (Å²) in [4.78, 5) is 11.1. The van der Waals surface area contributed by atoms with E-state index in [4.69, 9.17) is 10.3 Å². The van der Waals surface area contributed by atoms with Crippen LogP contribution in [-0.2, 0) is 14.9 Å². The average molecular weight is 437 g/mol. The molecule has 0 radical (unpaired) electrons. The van der Waals surface area contributed by atoms with Crippen molar-refractivity contribution in [2.45, 2.75) is 95.8 Å². The smallest absolute Gasteiger partial charge is 0.267 e. The number of allylic oxidation sites excluding steroid dienone is 1. The lowest BCUT2D eigenvalue weighted by Gasteiger charge is -2.35. The number of hydrogen-bond acceptors (Lipinski definition) is 7. The fraction of sp³-hybridized carbons (Fsp3) is 0.850. The lowest BCUT2D eigenvalue weighted by atomic mass is 9.91. The SMILES string of the molecule is CC(C)CCCCCCCCCC/C=C/C(O)C(O)C(N)(CS(=O)(=O)O)C(=O)[O-]. The molecule has 3 atom stereocenters. The van der Waals surface area contributed by atoms with E-state index in [-0.39, 0.29) is 0 Å². The summed E-state index contributed by atoms with van der Waals surface area (Å²) in [6, 6.07) is 0. The second-order valence-corrected chi connectivity index (χ2v) is 9.67. The van der Waals surface area contributed by atoms with Crippen LogP contribution in [0.3, 0.4) is 0 Å². The van der Waals surface area contributed by atoms with Gasteiger partial charge in [0.1, 0.15) is 23.5 Å². The van der Waals surface area contributed by atoms with Crippen molar-refractivity contribution in [3.05, 3.63) is 12.2 Å². The molecule has 8 nitrogen and oxygen atoms in total. The zero-order chi connectivity index (χ0) is 22.5. The first-order chi connectivity index (χ1) is 13.4. The average Bonchev–Trinajstić information content (AvgIpc) is 2.59. The van der Waals surface area contributed by atoms with Crippen LogP contribution >= 0.6 is 0 Å². The molecule has 5 N–H and O–H groups in total. The minimum atomic E-state index is -4.80. The van der Waals surface area contributed by atoms with Gasteiger partial charge >= 0.3 is 0 Å². The number of aliphatic hydroxyl groups excluding tert-OH is 2. The van der Waals surface area contributed by atoms with Gasteiger partial charge in [0.2, 0.25) is 0 Å². The maximum absolute atomic E-state index is 11.1. The summed E-state index contributed by atoms with van der Waals surface area (Å²) >= 11 is 0. The van der Waals surface area contributed by atoms with E-state index in [9.17, 15) is 28.5 Å². The third-order valence-electron chi connectivity index (χ3n) is 4.89. The zero-order valence-electron chi connectivity index (χ0n) is 17.6. The van der Waals surface area contributed by atoms with Crippen LogP contribution in [0.4, 0.5) is 0 Å². The molecule has 0 heterocycles. The van der Waals surface area contributed by atoms with Crippen molar-refractivity contribution in [1.29, 1.82) is 0 Å². The van der Waals surface area contributed by atoms with Gasteiger partial charge in [-0.25, -0.2) is 0 Å². The number of carbonyl (C=O) groups is 1. The van der Waals surface area contributed by atoms with Crippen molar-refractivity contribution >= 4 is 16.1 Å². The maximum Gasteiger partial charge on any atom is 0.267 e. The molecule has 3 unspecified atom stereocenters. The van der Waals surface area contributed by atoms with Crippen LogP contribution < -0.4 is 10.8 Å². The standard InChI is InChI=1S/C20H39NO7S/c1-16(2)13-11-9-7-5-3-4-6-8-10-12-14-17(22)18(23)20(21,19(24)25)15-29(26,27)28/h12,14,16-18,22-23H,3-11,13,15,21H2,1-2H3,(H,24,25)(H,26,27,28)/p-1/b14-12+. The minimum absolute atomic E-state index is 0.624. The number of unbranched alkanes of at least 4 members (excludes halogenated alkanes) is 8. The Morgan fingerprint density at radius 3 is 1.97 bits per heavy atom. The number of hydrogen-bond donors (Lipinski definition) is 4. The predicted octanol–water partition coefficient (Wildman–Crippen LogP) is 1.16. The molecule has 0 aromatic rings. The van der Waals surface area contributed by atoms with Gasteiger partial charge in [-0.1, -0.05) is 77.4 Å². The number of rotatable bonds is 17. The Morgan fingerprint density at radius 2 is 1.52 bits per heavy atom. The molecule has 0 spiro atoms. The van der Waals surface area contributed by atoms with Crippen molar-refractivity contribution in [2.75, 3.05) is 5.75 Å². The molecule has 0 bridgehead atoms. The van der Waals surface area contributed by atoms with Gasteiger partial charge in [0.25, 0.3) is 10.1 Å². The molecule has 0 saturated heterocycles. The maximum atomic E-state index is 11.1. The van der Waals surface area contributed by atoms with Crippen molar-refractivity contribution in [3.63, 3.8) is 0 Å². The van der Waals surface area contributed by atoms with E-state index in [0.717, 1.165) is 25.2 Å². The number of aliphatic carboxylic acids is 1. The zero-order valence-corrected chi connectivity index (χ0v) is 18.4. The number of carboxylic acids is 1. The van der Waals surface area contributed by atoms with E-state index < -0.39 is 39.6 Å². The van der Waals surface area contributed by atoms with Crippen molar-refractivity contribution in [3.8, 4) is 0 Å². The third-order valence-corrected chi connectivity index (χ3v) is 5.73. The fourth-order valence-electron chi connectivity index (χ4n) is 3.09. The Kier molecular flexibility index (Phi) is 13.6. The van der Waals surface area contributed by atoms with Gasteiger partial charge in [-0.05, 0) is 18.8 Å². The third kappa shape index (κ3) is 13.0. The van der Waals surface area contributed by atoms with E-state index in [1.807, 2.05) is 0 Å². The van der Waals surface area contributed by atoms with E-state index in [1.54, 1.807) is 6.08 Å². The van der Waals surface area contributed by atoms with Crippen LogP contribution in [0.5, 0.6) is 0 Å². The van der Waals surface area contributed by atoms with Crippen LogP contribution in [-0.4, -0.2) is 52.7 Å². The Balaban J connectivity index is 4.10. The molecule has 0 amide bonds. The lowest BCUT2D eigenvalue weighted by Crippen LogP contribution is -2.68. The molecule has 0 fully saturated rings. The van der Waals surface area contributed by atoms with Crippen LogP contribution in [0.1, 0.15) is 78.1 Å². The summed E-state index contributed by atoms with van der Waals surface area (Å²) in [5.74, 6) is -2.78. The highest BCUT2D eigenvalue weighted by Gasteiger charge is 2.42. The quantitative estimate of drug-likeness (QED) is 0.150. The van der Waals surface area contributed by atoms with Gasteiger partial charge < -0.3 is 25.8 Å². The molecule has 0 aliphatic carbocycles. The van der Waals surface area contributed by atoms with Gasteiger partial charge in [0, 0.05) is 0 Å². The Morgan fingerprint density at radius 1 is 1.03 bits per heavy atom. The lowest BCUT2D eigenvalue weighted by molar-refractivity contribution is -0.316. The summed E-state index contributed by atoms with van der Waals surface area (Å²) in [5.41, 5.74) is 2.54. The molecule has 9 heteroatoms. The van der Waals surface area contributed by atoms with E-state index >= 15 is 0 Å². The molecular formula is C20H38NO7S-. The Hall–Kier alpha value is -1.00. The van der Waals surface area contributed by atoms with Gasteiger partial charge in [-0.3, -0.25) is 4.55 Å². The molecule has 0 aliphatic rings. The highest BCUT2D eigenvalue weighted by atomic mass is 32.2. The molecule has 0 rings (SSSR count). The van der Waals surface area contributed by atoms with Crippen LogP contribution in [0.2, 0.25) is 0 Å². The second-order valence-electron chi connectivity index (χ2n) is 8.22. The monoisotopic (exact) mass is 436 g/mol.